The Bertz CT molecular complexity index is 813. The molecule has 2 N–H and O–H groups in total. The summed E-state index contributed by atoms with van der Waals surface area (Å²) >= 11 is 3.34. The molecule has 0 aliphatic carbocycles. The van der Waals surface area contributed by atoms with E-state index in [2.05, 4.69) is 21.2 Å². The van der Waals surface area contributed by atoms with Gasteiger partial charge in [0.05, 0.1) is 17.9 Å². The third kappa shape index (κ3) is 3.75. The van der Waals surface area contributed by atoms with Crippen LogP contribution in [0.5, 0.6) is 0 Å². The maximum atomic E-state index is 12.1. The van der Waals surface area contributed by atoms with Gasteiger partial charge in [0, 0.05) is 16.6 Å². The van der Waals surface area contributed by atoms with Gasteiger partial charge in [-0.3, -0.25) is 4.79 Å². The molecule has 0 aliphatic heterocycles. The van der Waals surface area contributed by atoms with Crippen molar-refractivity contribution in [3.8, 4) is 11.3 Å². The van der Waals surface area contributed by atoms with Crippen LogP contribution >= 0.6 is 15.9 Å². The molecule has 2 aromatic carbocycles. The summed E-state index contributed by atoms with van der Waals surface area (Å²) in [5, 5.41) is 13.0. The molecule has 1 unspecified atom stereocenters. The van der Waals surface area contributed by atoms with E-state index in [0.29, 0.717) is 5.56 Å². The van der Waals surface area contributed by atoms with Gasteiger partial charge in [-0.25, -0.2) is 0 Å². The number of carbonyl (C=O) groups is 1. The number of aliphatic hydroxyl groups is 1. The van der Waals surface area contributed by atoms with Crippen molar-refractivity contribution in [1.29, 1.82) is 0 Å². The number of hydrogen-bond donors (Lipinski definition) is 2. The van der Waals surface area contributed by atoms with Crippen LogP contribution in [-0.2, 0) is 0 Å². The first-order valence-electron chi connectivity index (χ1n) is 7.50. The number of amides is 1. The van der Waals surface area contributed by atoms with Crippen molar-refractivity contribution in [3.63, 3.8) is 0 Å². The monoisotopic (exact) mass is 385 g/mol. The second kappa shape index (κ2) is 7.47. The van der Waals surface area contributed by atoms with E-state index in [-0.39, 0.29) is 12.5 Å². The molecule has 122 valence electrons. The molecule has 1 amide bonds. The molecule has 0 saturated carbocycles. The summed E-state index contributed by atoms with van der Waals surface area (Å²) in [6.45, 7) is 0.139. The van der Waals surface area contributed by atoms with E-state index in [9.17, 15) is 9.90 Å². The molecule has 0 spiro atoms. The van der Waals surface area contributed by atoms with Crippen LogP contribution in [0, 0.1) is 0 Å². The van der Waals surface area contributed by atoms with Crippen LogP contribution in [0.4, 0.5) is 0 Å². The molecule has 1 atom stereocenters. The number of nitrogens with one attached hydrogen (secondary N) is 1. The summed E-state index contributed by atoms with van der Waals surface area (Å²) in [6, 6.07) is 18.3. The fourth-order valence-electron chi connectivity index (χ4n) is 2.36. The maximum Gasteiger partial charge on any atom is 0.252 e. The van der Waals surface area contributed by atoms with E-state index in [1.165, 1.54) is 0 Å². The van der Waals surface area contributed by atoms with Gasteiger partial charge in [0.25, 0.3) is 5.91 Å². The zero-order chi connectivity index (χ0) is 16.9. The van der Waals surface area contributed by atoms with Gasteiger partial charge in [-0.2, -0.15) is 0 Å². The predicted molar refractivity (Wildman–Crippen MR) is 95.6 cm³/mol. The van der Waals surface area contributed by atoms with Crippen LogP contribution in [0.15, 0.2) is 75.8 Å². The minimum Gasteiger partial charge on any atom is -0.464 e. The Hall–Kier alpha value is -2.37. The number of aliphatic hydroxyl groups excluding tert-OH is 1. The molecule has 0 fully saturated rings. The molecule has 24 heavy (non-hydrogen) atoms. The largest absolute Gasteiger partial charge is 0.464 e. The molecule has 4 nitrogen and oxygen atoms in total. The smallest absolute Gasteiger partial charge is 0.252 e. The highest BCUT2D eigenvalue weighted by molar-refractivity contribution is 9.10. The SMILES string of the molecule is O=C(NCC(O)c1ccc(-c2ccco2)cc1)c1ccccc1Br. The van der Waals surface area contributed by atoms with Crippen LogP contribution in [0.1, 0.15) is 22.0 Å². The minimum absolute atomic E-state index is 0.139. The zero-order valence-electron chi connectivity index (χ0n) is 12.8. The van der Waals surface area contributed by atoms with Crippen LogP contribution in [-0.4, -0.2) is 17.6 Å². The third-order valence-corrected chi connectivity index (χ3v) is 4.37. The Morgan fingerprint density at radius 2 is 1.83 bits per heavy atom. The predicted octanol–water partition coefficient (Wildman–Crippen LogP) is 4.17. The van der Waals surface area contributed by atoms with Crippen LogP contribution in [0.25, 0.3) is 11.3 Å². The summed E-state index contributed by atoms with van der Waals surface area (Å²) in [5.74, 6) is 0.548. The Morgan fingerprint density at radius 3 is 2.50 bits per heavy atom. The average Bonchev–Trinajstić information content (AvgIpc) is 3.14. The Kier molecular flexibility index (Phi) is 5.13. The van der Waals surface area contributed by atoms with Gasteiger partial charge in [-0.05, 0) is 45.8 Å². The first-order chi connectivity index (χ1) is 11.6. The van der Waals surface area contributed by atoms with Crippen molar-refractivity contribution >= 4 is 21.8 Å². The number of carbonyl (C=O) groups excluding carboxylic acids is 1. The van der Waals surface area contributed by atoms with Gasteiger partial charge in [0.15, 0.2) is 0 Å². The van der Waals surface area contributed by atoms with Crippen molar-refractivity contribution < 1.29 is 14.3 Å². The fourth-order valence-corrected chi connectivity index (χ4v) is 2.82. The molecule has 0 radical (unpaired) electrons. The lowest BCUT2D eigenvalue weighted by Crippen LogP contribution is -2.28. The van der Waals surface area contributed by atoms with E-state index < -0.39 is 6.10 Å². The molecule has 3 rings (SSSR count). The van der Waals surface area contributed by atoms with Gasteiger partial charge >= 0.3 is 0 Å². The van der Waals surface area contributed by atoms with E-state index in [0.717, 1.165) is 21.4 Å². The molecule has 0 saturated heterocycles. The quantitative estimate of drug-likeness (QED) is 0.692. The maximum absolute atomic E-state index is 12.1. The molecule has 0 aliphatic rings. The standard InChI is InChI=1S/C19H16BrNO3/c20-16-5-2-1-4-15(16)19(23)21-12-17(22)13-7-9-14(10-8-13)18-6-3-11-24-18/h1-11,17,22H,12H2,(H,21,23). The second-order valence-electron chi connectivity index (χ2n) is 5.30. The van der Waals surface area contributed by atoms with E-state index in [1.54, 1.807) is 24.5 Å². The highest BCUT2D eigenvalue weighted by Gasteiger charge is 2.13. The minimum atomic E-state index is -0.776. The highest BCUT2D eigenvalue weighted by Crippen LogP contribution is 2.22. The summed E-state index contributed by atoms with van der Waals surface area (Å²) in [6.07, 6.45) is 0.845. The lowest BCUT2D eigenvalue weighted by molar-refractivity contribution is 0.0915. The number of halogens is 1. The number of benzene rings is 2. The van der Waals surface area contributed by atoms with Crippen molar-refractivity contribution in [1.82, 2.24) is 5.32 Å². The summed E-state index contributed by atoms with van der Waals surface area (Å²) in [5.41, 5.74) is 2.21. The Balaban J connectivity index is 1.62. The lowest BCUT2D eigenvalue weighted by atomic mass is 10.1. The molecule has 1 aromatic heterocycles. The average molecular weight is 386 g/mol. The van der Waals surface area contributed by atoms with Gasteiger partial charge in [0.2, 0.25) is 0 Å². The first kappa shape index (κ1) is 16.5. The summed E-state index contributed by atoms with van der Waals surface area (Å²) < 4.78 is 6.06. The van der Waals surface area contributed by atoms with Crippen LogP contribution in [0.2, 0.25) is 0 Å². The van der Waals surface area contributed by atoms with Crippen LogP contribution in [0.3, 0.4) is 0 Å². The Labute approximate surface area is 148 Å². The van der Waals surface area contributed by atoms with Crippen molar-refractivity contribution in [2.24, 2.45) is 0 Å². The second-order valence-corrected chi connectivity index (χ2v) is 6.16. The lowest BCUT2D eigenvalue weighted by Gasteiger charge is -2.13. The van der Waals surface area contributed by atoms with Gasteiger partial charge < -0.3 is 14.8 Å². The number of hydrogen-bond acceptors (Lipinski definition) is 3. The molecular weight excluding hydrogens is 370 g/mol. The molecule has 0 bridgehead atoms. The molecular formula is C19H16BrNO3. The molecule has 5 heteroatoms. The van der Waals surface area contributed by atoms with Gasteiger partial charge in [0.1, 0.15) is 5.76 Å². The van der Waals surface area contributed by atoms with Gasteiger partial charge in [-0.1, -0.05) is 36.4 Å². The van der Waals surface area contributed by atoms with E-state index in [4.69, 9.17) is 4.42 Å². The summed E-state index contributed by atoms with van der Waals surface area (Å²) in [7, 11) is 0. The van der Waals surface area contributed by atoms with Gasteiger partial charge in [-0.15, -0.1) is 0 Å². The Morgan fingerprint density at radius 1 is 1.08 bits per heavy atom. The molecule has 3 aromatic rings. The van der Waals surface area contributed by atoms with E-state index >= 15 is 0 Å². The highest BCUT2D eigenvalue weighted by atomic mass is 79.9. The number of furan rings is 1. The number of rotatable bonds is 5. The van der Waals surface area contributed by atoms with Crippen LogP contribution < -0.4 is 5.32 Å². The van der Waals surface area contributed by atoms with Crippen molar-refractivity contribution in [2.45, 2.75) is 6.10 Å². The summed E-state index contributed by atoms with van der Waals surface area (Å²) in [4.78, 5) is 12.1. The van der Waals surface area contributed by atoms with Crippen molar-refractivity contribution in [2.75, 3.05) is 6.54 Å². The topological polar surface area (TPSA) is 62.5 Å². The van der Waals surface area contributed by atoms with Crippen molar-refractivity contribution in [3.05, 3.63) is 82.5 Å². The zero-order valence-corrected chi connectivity index (χ0v) is 14.4. The van der Waals surface area contributed by atoms with E-state index in [1.807, 2.05) is 42.5 Å². The fraction of sp³-hybridized carbons (Fsp3) is 0.105. The first-order valence-corrected chi connectivity index (χ1v) is 8.29. The normalized spacial score (nSPS) is 11.9. The third-order valence-electron chi connectivity index (χ3n) is 3.68. The molecule has 1 heterocycles.